The monoisotopic (exact) mass is 381 g/mol. The van der Waals surface area contributed by atoms with Gasteiger partial charge < -0.3 is 10.6 Å². The SMILES string of the molecule is O=C1CC(C(=O)NC2(c3ccc(C(F)(F)F)cc3)CCC2)NC(C2CC2)N1. The summed E-state index contributed by atoms with van der Waals surface area (Å²) in [5.41, 5.74) is -0.676. The van der Waals surface area contributed by atoms with Crippen LogP contribution in [0.1, 0.15) is 49.7 Å². The van der Waals surface area contributed by atoms with E-state index in [1.807, 2.05) is 0 Å². The lowest BCUT2D eigenvalue weighted by atomic mass is 9.71. The highest BCUT2D eigenvalue weighted by Crippen LogP contribution is 2.42. The second-order valence-electron chi connectivity index (χ2n) is 7.81. The van der Waals surface area contributed by atoms with Crippen LogP contribution in [0.2, 0.25) is 0 Å². The fraction of sp³-hybridized carbons (Fsp3) is 0.579. The van der Waals surface area contributed by atoms with Crippen molar-refractivity contribution in [3.8, 4) is 0 Å². The summed E-state index contributed by atoms with van der Waals surface area (Å²) in [7, 11) is 0. The summed E-state index contributed by atoms with van der Waals surface area (Å²) < 4.78 is 38.4. The molecule has 2 unspecified atom stereocenters. The van der Waals surface area contributed by atoms with Crippen molar-refractivity contribution in [3.05, 3.63) is 35.4 Å². The van der Waals surface area contributed by atoms with E-state index in [1.165, 1.54) is 12.1 Å². The largest absolute Gasteiger partial charge is 0.416 e. The molecule has 146 valence electrons. The second-order valence-corrected chi connectivity index (χ2v) is 7.81. The number of halogens is 3. The molecule has 2 amide bonds. The summed E-state index contributed by atoms with van der Waals surface area (Å²) >= 11 is 0. The lowest BCUT2D eigenvalue weighted by Crippen LogP contribution is -2.64. The molecule has 1 aliphatic heterocycles. The summed E-state index contributed by atoms with van der Waals surface area (Å²) in [6.45, 7) is 0. The Balaban J connectivity index is 1.47. The van der Waals surface area contributed by atoms with Crippen LogP contribution < -0.4 is 16.0 Å². The second kappa shape index (κ2) is 6.51. The molecule has 3 N–H and O–H groups in total. The summed E-state index contributed by atoms with van der Waals surface area (Å²) in [4.78, 5) is 24.7. The number of hydrogen-bond acceptors (Lipinski definition) is 3. The maximum absolute atomic E-state index is 12.8. The standard InChI is InChI=1S/C19H22F3N3O2/c20-19(21,22)13-6-4-12(5-7-13)18(8-1-9-18)25-17(27)14-10-15(26)24-16(23-14)11-2-3-11/h4-7,11,14,16,23H,1-3,8-10H2,(H,24,26)(H,25,27). The highest BCUT2D eigenvalue weighted by Gasteiger charge is 2.44. The topological polar surface area (TPSA) is 70.2 Å². The van der Waals surface area contributed by atoms with Crippen molar-refractivity contribution in [2.75, 3.05) is 0 Å². The molecule has 0 bridgehead atoms. The van der Waals surface area contributed by atoms with E-state index in [1.54, 1.807) is 0 Å². The molecule has 0 aromatic heterocycles. The summed E-state index contributed by atoms with van der Waals surface area (Å²) in [6.07, 6.45) is -0.187. The lowest BCUT2D eigenvalue weighted by Gasteiger charge is -2.44. The molecular weight excluding hydrogens is 359 g/mol. The Morgan fingerprint density at radius 3 is 2.33 bits per heavy atom. The van der Waals surface area contributed by atoms with Gasteiger partial charge in [0.25, 0.3) is 0 Å². The fourth-order valence-electron chi connectivity index (χ4n) is 3.90. The van der Waals surface area contributed by atoms with Gasteiger partial charge in [0.1, 0.15) is 0 Å². The van der Waals surface area contributed by atoms with Crippen LogP contribution in [-0.4, -0.2) is 24.0 Å². The average molecular weight is 381 g/mol. The molecule has 3 aliphatic rings. The summed E-state index contributed by atoms with van der Waals surface area (Å²) in [6, 6.07) is 4.37. The van der Waals surface area contributed by atoms with Gasteiger partial charge in [0.05, 0.1) is 29.7 Å². The molecule has 1 saturated heterocycles. The van der Waals surface area contributed by atoms with Crippen LogP contribution in [0.4, 0.5) is 13.2 Å². The fourth-order valence-corrected chi connectivity index (χ4v) is 3.90. The molecular formula is C19H22F3N3O2. The Labute approximate surface area is 155 Å². The Morgan fingerprint density at radius 2 is 1.81 bits per heavy atom. The number of rotatable bonds is 4. The van der Waals surface area contributed by atoms with Crippen molar-refractivity contribution < 1.29 is 22.8 Å². The van der Waals surface area contributed by atoms with Gasteiger partial charge in [-0.25, -0.2) is 0 Å². The molecule has 2 atom stereocenters. The van der Waals surface area contributed by atoms with Gasteiger partial charge in [-0.3, -0.25) is 14.9 Å². The molecule has 0 spiro atoms. The van der Waals surface area contributed by atoms with Gasteiger partial charge in [-0.05, 0) is 55.7 Å². The molecule has 3 fully saturated rings. The maximum Gasteiger partial charge on any atom is 0.416 e. The first kappa shape index (κ1) is 18.3. The zero-order valence-corrected chi connectivity index (χ0v) is 14.7. The zero-order valence-electron chi connectivity index (χ0n) is 14.7. The zero-order chi connectivity index (χ0) is 19.2. The molecule has 1 heterocycles. The van der Waals surface area contributed by atoms with Crippen molar-refractivity contribution in [1.82, 2.24) is 16.0 Å². The number of hydrogen-bond donors (Lipinski definition) is 3. The molecule has 1 aromatic carbocycles. The van der Waals surface area contributed by atoms with E-state index in [-0.39, 0.29) is 24.4 Å². The summed E-state index contributed by atoms with van der Waals surface area (Å²) in [5, 5.41) is 9.09. The van der Waals surface area contributed by atoms with Crippen molar-refractivity contribution in [1.29, 1.82) is 0 Å². The predicted octanol–water partition coefficient (Wildman–Crippen LogP) is 2.42. The molecule has 27 heavy (non-hydrogen) atoms. The minimum atomic E-state index is -4.38. The van der Waals surface area contributed by atoms with E-state index < -0.39 is 23.3 Å². The first-order valence-corrected chi connectivity index (χ1v) is 9.32. The highest BCUT2D eigenvalue weighted by molar-refractivity contribution is 5.90. The van der Waals surface area contributed by atoms with Gasteiger partial charge in [-0.1, -0.05) is 12.1 Å². The van der Waals surface area contributed by atoms with Crippen LogP contribution in [0.3, 0.4) is 0 Å². The van der Waals surface area contributed by atoms with Gasteiger partial charge in [-0.2, -0.15) is 13.2 Å². The third-order valence-electron chi connectivity index (χ3n) is 5.83. The average Bonchev–Trinajstić information content (AvgIpc) is 3.42. The van der Waals surface area contributed by atoms with Crippen molar-refractivity contribution >= 4 is 11.8 Å². The first-order valence-electron chi connectivity index (χ1n) is 9.32. The quantitative estimate of drug-likeness (QED) is 0.750. The third kappa shape index (κ3) is 3.67. The maximum atomic E-state index is 12.8. The number of carbonyl (C=O) groups is 2. The van der Waals surface area contributed by atoms with Gasteiger partial charge in [0.2, 0.25) is 11.8 Å². The Morgan fingerprint density at radius 1 is 1.15 bits per heavy atom. The molecule has 2 aliphatic carbocycles. The Hall–Kier alpha value is -2.09. The van der Waals surface area contributed by atoms with Crippen LogP contribution >= 0.6 is 0 Å². The van der Waals surface area contributed by atoms with E-state index in [0.717, 1.165) is 31.4 Å². The molecule has 8 heteroatoms. The van der Waals surface area contributed by atoms with E-state index in [4.69, 9.17) is 0 Å². The molecule has 0 radical (unpaired) electrons. The predicted molar refractivity (Wildman–Crippen MR) is 91.3 cm³/mol. The van der Waals surface area contributed by atoms with Gasteiger partial charge in [-0.15, -0.1) is 0 Å². The van der Waals surface area contributed by atoms with Gasteiger partial charge >= 0.3 is 6.18 Å². The molecule has 1 aromatic rings. The molecule has 2 saturated carbocycles. The highest BCUT2D eigenvalue weighted by atomic mass is 19.4. The van der Waals surface area contributed by atoms with Crippen molar-refractivity contribution in [2.45, 2.75) is 62.4 Å². The van der Waals surface area contributed by atoms with Crippen molar-refractivity contribution in [2.24, 2.45) is 5.92 Å². The van der Waals surface area contributed by atoms with Gasteiger partial charge in [0, 0.05) is 0 Å². The Bertz CT molecular complexity index is 740. The Kier molecular flexibility index (Phi) is 4.41. The third-order valence-corrected chi connectivity index (χ3v) is 5.83. The van der Waals surface area contributed by atoms with Gasteiger partial charge in [0.15, 0.2) is 0 Å². The normalized spacial score (nSPS) is 27.4. The van der Waals surface area contributed by atoms with Crippen LogP contribution in [0, 0.1) is 5.92 Å². The summed E-state index contributed by atoms with van der Waals surface area (Å²) in [5.74, 6) is -0.0461. The number of benzene rings is 1. The molecule has 4 rings (SSSR count). The molecule has 5 nitrogen and oxygen atoms in total. The number of carbonyl (C=O) groups excluding carboxylic acids is 2. The first-order chi connectivity index (χ1) is 12.8. The van der Waals surface area contributed by atoms with Crippen LogP contribution in [0.25, 0.3) is 0 Å². The van der Waals surface area contributed by atoms with Crippen LogP contribution in [-0.2, 0) is 21.3 Å². The lowest BCUT2D eigenvalue weighted by molar-refractivity contribution is -0.137. The minimum absolute atomic E-state index is 0.0676. The van der Waals surface area contributed by atoms with E-state index >= 15 is 0 Å². The van der Waals surface area contributed by atoms with Crippen molar-refractivity contribution in [3.63, 3.8) is 0 Å². The smallest absolute Gasteiger partial charge is 0.345 e. The number of amides is 2. The number of alkyl halides is 3. The van der Waals surface area contributed by atoms with Crippen LogP contribution in [0.5, 0.6) is 0 Å². The number of nitrogens with one attached hydrogen (secondary N) is 3. The van der Waals surface area contributed by atoms with E-state index in [0.29, 0.717) is 24.3 Å². The van der Waals surface area contributed by atoms with E-state index in [2.05, 4.69) is 16.0 Å². The minimum Gasteiger partial charge on any atom is -0.345 e. The van der Waals surface area contributed by atoms with Crippen LogP contribution in [0.15, 0.2) is 24.3 Å². The van der Waals surface area contributed by atoms with E-state index in [9.17, 15) is 22.8 Å².